The Morgan fingerprint density at radius 1 is 1.53 bits per heavy atom. The molecule has 0 amide bonds. The number of halogens is 2. The fraction of sp³-hybridized carbons (Fsp3) is 0.250. The van der Waals surface area contributed by atoms with Crippen LogP contribution in [0.15, 0.2) is 33.6 Å². The molecule has 0 saturated carbocycles. The van der Waals surface area contributed by atoms with Crippen molar-refractivity contribution in [2.75, 3.05) is 7.05 Å². The quantitative estimate of drug-likeness (QED) is 0.933. The van der Waals surface area contributed by atoms with E-state index in [4.69, 9.17) is 0 Å². The number of benzene rings is 1. The lowest BCUT2D eigenvalue weighted by molar-refractivity contribution is 0.546. The number of likely N-dealkylation sites (N-methyl/N-ethyl adjacent to an activating group) is 1. The van der Waals surface area contributed by atoms with E-state index in [0.29, 0.717) is 12.0 Å². The standard InChI is InChI=1S/C12H12BrFN2S/c1-15-11(12-6-17-7-16-12)4-8-2-3-9(13)5-10(8)14/h2-3,5-7,11,15H,4H2,1H3. The van der Waals surface area contributed by atoms with Crippen LogP contribution in [0.4, 0.5) is 4.39 Å². The van der Waals surface area contributed by atoms with E-state index in [0.717, 1.165) is 10.2 Å². The molecule has 1 aromatic carbocycles. The Morgan fingerprint density at radius 3 is 2.94 bits per heavy atom. The van der Waals surface area contributed by atoms with Gasteiger partial charge in [-0.2, -0.15) is 0 Å². The second-order valence-electron chi connectivity index (χ2n) is 3.69. The summed E-state index contributed by atoms with van der Waals surface area (Å²) >= 11 is 4.80. The average Bonchev–Trinajstić information content (AvgIpc) is 2.81. The largest absolute Gasteiger partial charge is 0.311 e. The molecule has 0 saturated heterocycles. The zero-order valence-corrected chi connectivity index (χ0v) is 11.7. The van der Waals surface area contributed by atoms with Crippen LogP contribution in [0.2, 0.25) is 0 Å². The highest BCUT2D eigenvalue weighted by Crippen LogP contribution is 2.22. The number of nitrogens with one attached hydrogen (secondary N) is 1. The molecule has 1 atom stereocenters. The van der Waals surface area contributed by atoms with E-state index in [-0.39, 0.29) is 11.9 Å². The van der Waals surface area contributed by atoms with E-state index >= 15 is 0 Å². The van der Waals surface area contributed by atoms with Gasteiger partial charge in [0, 0.05) is 9.85 Å². The minimum Gasteiger partial charge on any atom is -0.311 e. The SMILES string of the molecule is CNC(Cc1ccc(Br)cc1F)c1cscn1. The minimum atomic E-state index is -0.185. The Labute approximate surface area is 112 Å². The number of hydrogen-bond donors (Lipinski definition) is 1. The maximum Gasteiger partial charge on any atom is 0.127 e. The number of rotatable bonds is 4. The molecular formula is C12H12BrFN2S. The fourth-order valence-corrected chi connectivity index (χ4v) is 2.60. The lowest BCUT2D eigenvalue weighted by atomic mass is 10.0. The molecule has 2 rings (SSSR count). The molecule has 1 unspecified atom stereocenters. The third-order valence-corrected chi connectivity index (χ3v) is 3.69. The molecule has 0 bridgehead atoms. The molecule has 0 spiro atoms. The van der Waals surface area contributed by atoms with Gasteiger partial charge >= 0.3 is 0 Å². The Bertz CT molecular complexity index is 487. The molecule has 2 nitrogen and oxygen atoms in total. The van der Waals surface area contributed by atoms with Gasteiger partial charge in [-0.25, -0.2) is 9.37 Å². The van der Waals surface area contributed by atoms with E-state index in [1.807, 2.05) is 18.5 Å². The first-order valence-electron chi connectivity index (χ1n) is 5.20. The zero-order chi connectivity index (χ0) is 12.3. The normalized spacial score (nSPS) is 12.6. The van der Waals surface area contributed by atoms with E-state index in [1.54, 1.807) is 22.9 Å². The summed E-state index contributed by atoms with van der Waals surface area (Å²) in [6.07, 6.45) is 0.597. The third kappa shape index (κ3) is 3.12. The van der Waals surface area contributed by atoms with Crippen molar-refractivity contribution in [3.05, 3.63) is 50.6 Å². The number of thiazole rings is 1. The van der Waals surface area contributed by atoms with Crippen molar-refractivity contribution in [1.82, 2.24) is 10.3 Å². The summed E-state index contributed by atoms with van der Waals surface area (Å²) in [5, 5.41) is 5.14. The Morgan fingerprint density at radius 2 is 2.35 bits per heavy atom. The maximum atomic E-state index is 13.7. The molecule has 17 heavy (non-hydrogen) atoms. The number of nitrogens with zero attached hydrogens (tertiary/aromatic N) is 1. The summed E-state index contributed by atoms with van der Waals surface area (Å²) in [7, 11) is 1.86. The first-order chi connectivity index (χ1) is 8.20. The van der Waals surface area contributed by atoms with Gasteiger partial charge in [-0.15, -0.1) is 11.3 Å². The predicted molar refractivity (Wildman–Crippen MR) is 71.7 cm³/mol. The summed E-state index contributed by atoms with van der Waals surface area (Å²) < 4.78 is 14.5. The first kappa shape index (κ1) is 12.7. The minimum absolute atomic E-state index is 0.0527. The van der Waals surface area contributed by atoms with Crippen LogP contribution in [-0.2, 0) is 6.42 Å². The van der Waals surface area contributed by atoms with Gasteiger partial charge in [-0.1, -0.05) is 22.0 Å². The topological polar surface area (TPSA) is 24.9 Å². The van der Waals surface area contributed by atoms with Crippen molar-refractivity contribution in [3.8, 4) is 0 Å². The van der Waals surface area contributed by atoms with Crippen LogP contribution in [0.3, 0.4) is 0 Å². The van der Waals surface area contributed by atoms with E-state index in [1.165, 1.54) is 6.07 Å². The summed E-state index contributed by atoms with van der Waals surface area (Å²) in [5.74, 6) is -0.185. The van der Waals surface area contributed by atoms with Crippen LogP contribution < -0.4 is 5.32 Å². The molecular weight excluding hydrogens is 303 g/mol. The Kier molecular flexibility index (Phi) is 4.25. The van der Waals surface area contributed by atoms with Gasteiger partial charge in [0.1, 0.15) is 5.82 Å². The molecule has 0 aliphatic carbocycles. The van der Waals surface area contributed by atoms with Crippen LogP contribution in [0.1, 0.15) is 17.3 Å². The lowest BCUT2D eigenvalue weighted by Crippen LogP contribution is -2.19. The van der Waals surface area contributed by atoms with E-state index in [9.17, 15) is 4.39 Å². The Balaban J connectivity index is 2.19. The highest BCUT2D eigenvalue weighted by molar-refractivity contribution is 9.10. The molecule has 5 heteroatoms. The highest BCUT2D eigenvalue weighted by atomic mass is 79.9. The maximum absolute atomic E-state index is 13.7. The third-order valence-electron chi connectivity index (χ3n) is 2.60. The zero-order valence-electron chi connectivity index (χ0n) is 9.28. The molecule has 0 aliphatic rings. The van der Waals surface area contributed by atoms with Crippen molar-refractivity contribution in [3.63, 3.8) is 0 Å². The van der Waals surface area contributed by atoms with Gasteiger partial charge in [0.25, 0.3) is 0 Å². The lowest BCUT2D eigenvalue weighted by Gasteiger charge is -2.14. The second-order valence-corrected chi connectivity index (χ2v) is 5.33. The van der Waals surface area contributed by atoms with Gasteiger partial charge in [0.2, 0.25) is 0 Å². The number of hydrogen-bond acceptors (Lipinski definition) is 3. The van der Waals surface area contributed by atoms with Crippen LogP contribution in [-0.4, -0.2) is 12.0 Å². The monoisotopic (exact) mass is 314 g/mol. The van der Waals surface area contributed by atoms with Crippen LogP contribution in [0, 0.1) is 5.82 Å². The molecule has 0 radical (unpaired) electrons. The number of aromatic nitrogens is 1. The fourth-order valence-electron chi connectivity index (χ4n) is 1.66. The highest BCUT2D eigenvalue weighted by Gasteiger charge is 2.14. The first-order valence-corrected chi connectivity index (χ1v) is 6.93. The summed E-state index contributed by atoms with van der Waals surface area (Å²) in [5.41, 5.74) is 3.44. The van der Waals surface area contributed by atoms with Crippen LogP contribution in [0.25, 0.3) is 0 Å². The van der Waals surface area contributed by atoms with Crippen molar-refractivity contribution in [1.29, 1.82) is 0 Å². The molecule has 1 heterocycles. The van der Waals surface area contributed by atoms with Crippen LogP contribution >= 0.6 is 27.3 Å². The van der Waals surface area contributed by atoms with Gasteiger partial charge < -0.3 is 5.32 Å². The van der Waals surface area contributed by atoms with Crippen molar-refractivity contribution in [2.24, 2.45) is 0 Å². The van der Waals surface area contributed by atoms with Crippen LogP contribution in [0.5, 0.6) is 0 Å². The van der Waals surface area contributed by atoms with Gasteiger partial charge in [0.05, 0.1) is 17.2 Å². The molecule has 0 fully saturated rings. The summed E-state index contributed by atoms with van der Waals surface area (Å²) in [6.45, 7) is 0. The van der Waals surface area contributed by atoms with Gasteiger partial charge in [-0.3, -0.25) is 0 Å². The smallest absolute Gasteiger partial charge is 0.127 e. The van der Waals surface area contributed by atoms with Crippen molar-refractivity contribution in [2.45, 2.75) is 12.5 Å². The molecule has 1 N–H and O–H groups in total. The van der Waals surface area contributed by atoms with Gasteiger partial charge in [-0.05, 0) is 31.2 Å². The predicted octanol–water partition coefficient (Wildman–Crippen LogP) is 3.55. The average molecular weight is 315 g/mol. The Hall–Kier alpha value is -0.780. The van der Waals surface area contributed by atoms with Crippen molar-refractivity contribution < 1.29 is 4.39 Å². The summed E-state index contributed by atoms with van der Waals surface area (Å²) in [6, 6.07) is 5.20. The molecule has 2 aromatic rings. The molecule has 1 aromatic heterocycles. The molecule has 0 aliphatic heterocycles. The van der Waals surface area contributed by atoms with E-state index in [2.05, 4.69) is 26.2 Å². The summed E-state index contributed by atoms with van der Waals surface area (Å²) in [4.78, 5) is 4.26. The van der Waals surface area contributed by atoms with Crippen molar-refractivity contribution >= 4 is 27.3 Å². The van der Waals surface area contributed by atoms with E-state index < -0.39 is 0 Å². The molecule has 90 valence electrons. The second kappa shape index (κ2) is 5.71. The van der Waals surface area contributed by atoms with Gasteiger partial charge in [0.15, 0.2) is 0 Å².